The van der Waals surface area contributed by atoms with Crippen molar-refractivity contribution in [1.82, 2.24) is 0 Å². The second-order valence-electron chi connectivity index (χ2n) is 5.24. The molecule has 1 fully saturated rings. The lowest BCUT2D eigenvalue weighted by Crippen LogP contribution is -2.21. The van der Waals surface area contributed by atoms with E-state index >= 15 is 0 Å². The van der Waals surface area contributed by atoms with Gasteiger partial charge in [0.25, 0.3) is 0 Å². The quantitative estimate of drug-likeness (QED) is 0.814. The SMILES string of the molecule is CCOc1cc(CCN)cc(Br)c1OCC1CCOCC1. The Morgan fingerprint density at radius 1 is 1.29 bits per heavy atom. The van der Waals surface area contributed by atoms with E-state index in [1.54, 1.807) is 0 Å². The molecule has 1 aliphatic heterocycles. The monoisotopic (exact) mass is 357 g/mol. The summed E-state index contributed by atoms with van der Waals surface area (Å²) in [5.41, 5.74) is 6.79. The summed E-state index contributed by atoms with van der Waals surface area (Å²) in [5, 5.41) is 0. The van der Waals surface area contributed by atoms with Crippen molar-refractivity contribution in [2.24, 2.45) is 11.7 Å². The minimum absolute atomic E-state index is 0.559. The van der Waals surface area contributed by atoms with E-state index in [9.17, 15) is 0 Å². The molecule has 21 heavy (non-hydrogen) atoms. The maximum Gasteiger partial charge on any atom is 0.175 e. The third-order valence-electron chi connectivity index (χ3n) is 3.61. The Morgan fingerprint density at radius 3 is 2.71 bits per heavy atom. The summed E-state index contributed by atoms with van der Waals surface area (Å²) in [6, 6.07) is 4.09. The fourth-order valence-electron chi connectivity index (χ4n) is 2.45. The molecule has 0 spiro atoms. The van der Waals surface area contributed by atoms with Crippen LogP contribution in [0.25, 0.3) is 0 Å². The Labute approximate surface area is 135 Å². The number of rotatable bonds is 7. The van der Waals surface area contributed by atoms with E-state index in [-0.39, 0.29) is 0 Å². The van der Waals surface area contributed by atoms with Gasteiger partial charge in [0.05, 0.1) is 17.7 Å². The van der Waals surface area contributed by atoms with Crippen LogP contribution in [0.5, 0.6) is 11.5 Å². The van der Waals surface area contributed by atoms with Gasteiger partial charge >= 0.3 is 0 Å². The van der Waals surface area contributed by atoms with E-state index in [1.165, 1.54) is 0 Å². The highest BCUT2D eigenvalue weighted by Gasteiger charge is 2.17. The smallest absolute Gasteiger partial charge is 0.175 e. The third-order valence-corrected chi connectivity index (χ3v) is 4.20. The Morgan fingerprint density at radius 2 is 2.05 bits per heavy atom. The van der Waals surface area contributed by atoms with Crippen molar-refractivity contribution in [2.75, 3.05) is 33.0 Å². The van der Waals surface area contributed by atoms with Crippen molar-refractivity contribution in [3.05, 3.63) is 22.2 Å². The normalized spacial score (nSPS) is 16.0. The molecule has 2 rings (SSSR count). The minimum atomic E-state index is 0.559. The van der Waals surface area contributed by atoms with Crippen LogP contribution in [-0.2, 0) is 11.2 Å². The summed E-state index contributed by atoms with van der Waals surface area (Å²) in [7, 11) is 0. The molecule has 0 bridgehead atoms. The molecule has 0 aliphatic carbocycles. The topological polar surface area (TPSA) is 53.7 Å². The number of hydrogen-bond acceptors (Lipinski definition) is 4. The zero-order valence-corrected chi connectivity index (χ0v) is 14.2. The second kappa shape index (κ2) is 8.61. The molecule has 1 saturated heterocycles. The molecule has 1 heterocycles. The lowest BCUT2D eigenvalue weighted by Gasteiger charge is -2.23. The number of benzene rings is 1. The first-order valence-corrected chi connectivity index (χ1v) is 8.39. The first-order chi connectivity index (χ1) is 10.2. The summed E-state index contributed by atoms with van der Waals surface area (Å²) in [4.78, 5) is 0. The maximum atomic E-state index is 6.03. The average Bonchev–Trinajstić information content (AvgIpc) is 2.48. The fourth-order valence-corrected chi connectivity index (χ4v) is 3.05. The zero-order valence-electron chi connectivity index (χ0n) is 12.6. The number of halogens is 1. The predicted molar refractivity (Wildman–Crippen MR) is 87.1 cm³/mol. The van der Waals surface area contributed by atoms with Gasteiger partial charge in [-0.3, -0.25) is 0 Å². The van der Waals surface area contributed by atoms with E-state index in [4.69, 9.17) is 19.9 Å². The highest BCUT2D eigenvalue weighted by atomic mass is 79.9. The summed E-state index contributed by atoms with van der Waals surface area (Å²) < 4.78 is 18.1. The van der Waals surface area contributed by atoms with Crippen LogP contribution >= 0.6 is 15.9 Å². The van der Waals surface area contributed by atoms with E-state index in [0.29, 0.717) is 25.7 Å². The van der Waals surface area contributed by atoms with Crippen LogP contribution < -0.4 is 15.2 Å². The second-order valence-corrected chi connectivity index (χ2v) is 6.10. The fraction of sp³-hybridized carbons (Fsp3) is 0.625. The first-order valence-electron chi connectivity index (χ1n) is 7.60. The minimum Gasteiger partial charge on any atom is -0.490 e. The van der Waals surface area contributed by atoms with Crippen molar-refractivity contribution in [1.29, 1.82) is 0 Å². The average molecular weight is 358 g/mol. The highest BCUT2D eigenvalue weighted by Crippen LogP contribution is 2.37. The number of nitrogens with two attached hydrogens (primary N) is 1. The molecule has 5 heteroatoms. The lowest BCUT2D eigenvalue weighted by atomic mass is 10.0. The Balaban J connectivity index is 2.08. The molecule has 118 valence electrons. The molecule has 0 amide bonds. The van der Waals surface area contributed by atoms with Gasteiger partial charge in [-0.05, 0) is 72.3 Å². The van der Waals surface area contributed by atoms with Crippen LogP contribution in [-0.4, -0.2) is 33.0 Å². The van der Waals surface area contributed by atoms with E-state index in [1.807, 2.05) is 13.0 Å². The number of hydrogen-bond donors (Lipinski definition) is 1. The molecule has 0 aromatic heterocycles. The van der Waals surface area contributed by atoms with Gasteiger partial charge in [-0.15, -0.1) is 0 Å². The highest BCUT2D eigenvalue weighted by molar-refractivity contribution is 9.10. The molecule has 0 saturated carbocycles. The van der Waals surface area contributed by atoms with E-state index in [0.717, 1.165) is 54.0 Å². The van der Waals surface area contributed by atoms with Crippen LogP contribution in [0.4, 0.5) is 0 Å². The Hall–Kier alpha value is -0.780. The summed E-state index contributed by atoms with van der Waals surface area (Å²) >= 11 is 3.59. The lowest BCUT2D eigenvalue weighted by molar-refractivity contribution is 0.0491. The largest absolute Gasteiger partial charge is 0.490 e. The standard InChI is InChI=1S/C16H24BrNO3/c1-2-20-15-10-13(3-6-18)9-14(17)16(15)21-11-12-4-7-19-8-5-12/h9-10,12H,2-8,11,18H2,1H3. The van der Waals surface area contributed by atoms with Gasteiger partial charge in [0.15, 0.2) is 11.5 Å². The molecule has 2 N–H and O–H groups in total. The molecule has 0 unspecified atom stereocenters. The Kier molecular flexibility index (Phi) is 6.80. The van der Waals surface area contributed by atoms with Crippen LogP contribution in [0, 0.1) is 5.92 Å². The van der Waals surface area contributed by atoms with Gasteiger partial charge in [0, 0.05) is 13.2 Å². The molecule has 1 aromatic rings. The van der Waals surface area contributed by atoms with Crippen LogP contribution in [0.2, 0.25) is 0 Å². The molecule has 1 aliphatic rings. The number of ether oxygens (including phenoxy) is 3. The van der Waals surface area contributed by atoms with E-state index in [2.05, 4.69) is 22.0 Å². The van der Waals surface area contributed by atoms with Gasteiger partial charge in [0.1, 0.15) is 0 Å². The van der Waals surface area contributed by atoms with Crippen molar-refractivity contribution < 1.29 is 14.2 Å². The molecule has 0 radical (unpaired) electrons. The summed E-state index contributed by atoms with van der Waals surface area (Å²) in [6.45, 7) is 5.60. The van der Waals surface area contributed by atoms with Gasteiger partial charge < -0.3 is 19.9 Å². The van der Waals surface area contributed by atoms with Crippen LogP contribution in [0.1, 0.15) is 25.3 Å². The van der Waals surface area contributed by atoms with Gasteiger partial charge in [0.2, 0.25) is 0 Å². The van der Waals surface area contributed by atoms with Gasteiger partial charge in [-0.25, -0.2) is 0 Å². The molecular weight excluding hydrogens is 334 g/mol. The summed E-state index contributed by atoms with van der Waals surface area (Å²) in [5.74, 6) is 2.15. The van der Waals surface area contributed by atoms with Gasteiger partial charge in [-0.1, -0.05) is 0 Å². The zero-order chi connectivity index (χ0) is 15.1. The summed E-state index contributed by atoms with van der Waals surface area (Å²) in [6.07, 6.45) is 2.96. The van der Waals surface area contributed by atoms with Crippen LogP contribution in [0.3, 0.4) is 0 Å². The van der Waals surface area contributed by atoms with E-state index < -0.39 is 0 Å². The molecule has 4 nitrogen and oxygen atoms in total. The van der Waals surface area contributed by atoms with Crippen molar-refractivity contribution in [3.63, 3.8) is 0 Å². The van der Waals surface area contributed by atoms with Crippen LogP contribution in [0.15, 0.2) is 16.6 Å². The Bertz CT molecular complexity index is 447. The third kappa shape index (κ3) is 4.87. The van der Waals surface area contributed by atoms with Crippen molar-refractivity contribution in [3.8, 4) is 11.5 Å². The van der Waals surface area contributed by atoms with Gasteiger partial charge in [-0.2, -0.15) is 0 Å². The van der Waals surface area contributed by atoms with Crippen molar-refractivity contribution >= 4 is 15.9 Å². The molecular formula is C16H24BrNO3. The predicted octanol–water partition coefficient (Wildman–Crippen LogP) is 3.15. The first kappa shape index (κ1) is 16.6. The maximum absolute atomic E-state index is 6.03. The molecule has 0 atom stereocenters. The molecule has 1 aromatic carbocycles. The van der Waals surface area contributed by atoms with Crippen molar-refractivity contribution in [2.45, 2.75) is 26.2 Å².